The molecule has 0 spiro atoms. The number of rotatable bonds is 4. The Kier molecular flexibility index (Phi) is 3.76. The lowest BCUT2D eigenvalue weighted by atomic mass is 10.0. The highest BCUT2D eigenvalue weighted by Gasteiger charge is 2.15. The van der Waals surface area contributed by atoms with E-state index in [0.717, 1.165) is 17.0 Å². The monoisotopic (exact) mass is 248 g/mol. The van der Waals surface area contributed by atoms with Gasteiger partial charge in [-0.25, -0.2) is 4.98 Å². The minimum atomic E-state index is -0.220. The maximum absolute atomic E-state index is 6.22. The summed E-state index contributed by atoms with van der Waals surface area (Å²) in [7, 11) is 0. The summed E-state index contributed by atoms with van der Waals surface area (Å²) in [5.41, 5.74) is 11.1. The maximum atomic E-state index is 6.22. The van der Waals surface area contributed by atoms with E-state index in [2.05, 4.69) is 11.1 Å². The van der Waals surface area contributed by atoms with Gasteiger partial charge in [0, 0.05) is 10.9 Å². The van der Waals surface area contributed by atoms with Gasteiger partial charge in [-0.2, -0.15) is 0 Å². The number of aromatic nitrogens is 1. The number of benzene rings is 1. The molecule has 0 fully saturated rings. The van der Waals surface area contributed by atoms with Crippen molar-refractivity contribution in [1.82, 2.24) is 4.98 Å². The lowest BCUT2D eigenvalue weighted by Gasteiger charge is -2.15. The molecule has 0 saturated heterocycles. The third-order valence-corrected chi connectivity index (χ3v) is 3.17. The summed E-state index contributed by atoms with van der Waals surface area (Å²) in [6.07, 6.45) is 0. The quantitative estimate of drug-likeness (QED) is 0.905. The minimum Gasteiger partial charge on any atom is -0.494 e. The van der Waals surface area contributed by atoms with E-state index in [0.29, 0.717) is 6.61 Å². The number of nitrogens with two attached hydrogens (primary N) is 1. The first-order valence-electron chi connectivity index (χ1n) is 5.59. The predicted molar refractivity (Wildman–Crippen MR) is 70.5 cm³/mol. The molecule has 0 bridgehead atoms. The fourth-order valence-corrected chi connectivity index (χ4v) is 2.32. The topological polar surface area (TPSA) is 48.1 Å². The maximum Gasteiger partial charge on any atom is 0.124 e. The van der Waals surface area contributed by atoms with Crippen LogP contribution in [-0.4, -0.2) is 11.6 Å². The molecule has 90 valence electrons. The van der Waals surface area contributed by atoms with Gasteiger partial charge in [0.1, 0.15) is 5.75 Å². The van der Waals surface area contributed by atoms with E-state index in [1.54, 1.807) is 16.8 Å². The zero-order valence-electron chi connectivity index (χ0n) is 10.0. The van der Waals surface area contributed by atoms with Crippen LogP contribution in [-0.2, 0) is 0 Å². The van der Waals surface area contributed by atoms with Gasteiger partial charge in [-0.05, 0) is 19.9 Å². The van der Waals surface area contributed by atoms with Crippen molar-refractivity contribution < 1.29 is 4.74 Å². The summed E-state index contributed by atoms with van der Waals surface area (Å²) >= 11 is 1.55. The Labute approximate surface area is 105 Å². The van der Waals surface area contributed by atoms with Crippen LogP contribution in [0.25, 0.3) is 0 Å². The average molecular weight is 248 g/mol. The van der Waals surface area contributed by atoms with Gasteiger partial charge in [-0.15, -0.1) is 11.3 Å². The number of nitrogens with zero attached hydrogens (tertiary/aromatic N) is 1. The van der Waals surface area contributed by atoms with Crippen LogP contribution in [0.3, 0.4) is 0 Å². The number of thiazole rings is 1. The fourth-order valence-electron chi connectivity index (χ4n) is 1.73. The van der Waals surface area contributed by atoms with Crippen molar-refractivity contribution in [2.75, 3.05) is 6.61 Å². The van der Waals surface area contributed by atoms with Crippen LogP contribution in [0.5, 0.6) is 5.75 Å². The van der Waals surface area contributed by atoms with E-state index < -0.39 is 0 Å². The first kappa shape index (κ1) is 12.1. The van der Waals surface area contributed by atoms with E-state index in [-0.39, 0.29) is 6.04 Å². The Hall–Kier alpha value is -1.39. The Morgan fingerprint density at radius 2 is 2.29 bits per heavy atom. The molecule has 0 saturated carbocycles. The van der Waals surface area contributed by atoms with E-state index in [1.165, 1.54) is 5.56 Å². The molecule has 0 aliphatic rings. The van der Waals surface area contributed by atoms with Crippen LogP contribution in [0.15, 0.2) is 29.1 Å². The van der Waals surface area contributed by atoms with E-state index in [1.807, 2.05) is 31.4 Å². The standard InChI is InChI=1S/C13H16N2OS/c1-3-16-12-5-4-9(2)6-10(12)13(14)11-7-17-8-15-11/h4-8,13H,3,14H2,1-2H3. The van der Waals surface area contributed by atoms with Crippen molar-refractivity contribution in [2.45, 2.75) is 19.9 Å². The molecule has 0 aliphatic heterocycles. The normalized spacial score (nSPS) is 12.4. The second-order valence-corrected chi connectivity index (χ2v) is 4.58. The van der Waals surface area contributed by atoms with E-state index >= 15 is 0 Å². The highest BCUT2D eigenvalue weighted by Crippen LogP contribution is 2.29. The molecule has 2 N–H and O–H groups in total. The summed E-state index contributed by atoms with van der Waals surface area (Å²) in [6, 6.07) is 5.85. The second kappa shape index (κ2) is 5.29. The minimum absolute atomic E-state index is 0.220. The predicted octanol–water partition coefficient (Wildman–Crippen LogP) is 2.90. The number of hydrogen-bond acceptors (Lipinski definition) is 4. The first-order valence-corrected chi connectivity index (χ1v) is 6.53. The largest absolute Gasteiger partial charge is 0.494 e. The van der Waals surface area contributed by atoms with Crippen molar-refractivity contribution in [3.05, 3.63) is 45.9 Å². The number of ether oxygens (including phenoxy) is 1. The Bertz CT molecular complexity index is 482. The van der Waals surface area contributed by atoms with Crippen molar-refractivity contribution in [3.63, 3.8) is 0 Å². The zero-order chi connectivity index (χ0) is 12.3. The molecule has 2 rings (SSSR count). The van der Waals surface area contributed by atoms with Crippen molar-refractivity contribution in [2.24, 2.45) is 5.73 Å². The third-order valence-electron chi connectivity index (χ3n) is 2.57. The summed E-state index contributed by atoms with van der Waals surface area (Å²) in [6.45, 7) is 4.66. The number of aryl methyl sites for hydroxylation is 1. The number of hydrogen-bond donors (Lipinski definition) is 1. The first-order chi connectivity index (χ1) is 8.22. The van der Waals surface area contributed by atoms with E-state index in [9.17, 15) is 0 Å². The fraction of sp³-hybridized carbons (Fsp3) is 0.308. The molecule has 1 aromatic carbocycles. The SMILES string of the molecule is CCOc1ccc(C)cc1C(N)c1cscn1. The Balaban J connectivity index is 2.38. The van der Waals surface area contributed by atoms with Gasteiger partial charge in [0.15, 0.2) is 0 Å². The summed E-state index contributed by atoms with van der Waals surface area (Å²) in [5.74, 6) is 0.846. The van der Waals surface area contributed by atoms with Crippen molar-refractivity contribution in [1.29, 1.82) is 0 Å². The molecule has 4 heteroatoms. The molecule has 1 aromatic heterocycles. The van der Waals surface area contributed by atoms with Gasteiger partial charge in [0.2, 0.25) is 0 Å². The van der Waals surface area contributed by atoms with Gasteiger partial charge >= 0.3 is 0 Å². The second-order valence-electron chi connectivity index (χ2n) is 3.87. The lowest BCUT2D eigenvalue weighted by molar-refractivity contribution is 0.335. The van der Waals surface area contributed by atoms with Crippen LogP contribution < -0.4 is 10.5 Å². The molecule has 17 heavy (non-hydrogen) atoms. The molecule has 3 nitrogen and oxygen atoms in total. The summed E-state index contributed by atoms with van der Waals surface area (Å²) < 4.78 is 5.61. The van der Waals surface area contributed by atoms with Gasteiger partial charge in [-0.1, -0.05) is 17.7 Å². The molecule has 0 amide bonds. The molecule has 0 radical (unpaired) electrons. The van der Waals surface area contributed by atoms with Gasteiger partial charge in [0.25, 0.3) is 0 Å². The van der Waals surface area contributed by atoms with Gasteiger partial charge in [-0.3, -0.25) is 0 Å². The zero-order valence-corrected chi connectivity index (χ0v) is 10.8. The van der Waals surface area contributed by atoms with Crippen LogP contribution in [0, 0.1) is 6.92 Å². The summed E-state index contributed by atoms with van der Waals surface area (Å²) in [4.78, 5) is 4.26. The molecule has 1 atom stereocenters. The van der Waals surface area contributed by atoms with Crippen molar-refractivity contribution in [3.8, 4) is 5.75 Å². The third kappa shape index (κ3) is 2.65. The average Bonchev–Trinajstić information content (AvgIpc) is 2.84. The smallest absolute Gasteiger partial charge is 0.124 e. The van der Waals surface area contributed by atoms with E-state index in [4.69, 9.17) is 10.5 Å². The molecular weight excluding hydrogens is 232 g/mol. The molecule has 1 unspecified atom stereocenters. The van der Waals surface area contributed by atoms with Crippen LogP contribution >= 0.6 is 11.3 Å². The summed E-state index contributed by atoms with van der Waals surface area (Å²) in [5, 5.41) is 1.97. The van der Waals surface area contributed by atoms with Gasteiger partial charge in [0.05, 0.1) is 23.9 Å². The molecule has 0 aliphatic carbocycles. The highest BCUT2D eigenvalue weighted by atomic mass is 32.1. The molecule has 1 heterocycles. The van der Waals surface area contributed by atoms with Gasteiger partial charge < -0.3 is 10.5 Å². The van der Waals surface area contributed by atoms with Crippen LogP contribution in [0.2, 0.25) is 0 Å². The van der Waals surface area contributed by atoms with Crippen molar-refractivity contribution >= 4 is 11.3 Å². The van der Waals surface area contributed by atoms with Crippen LogP contribution in [0.1, 0.15) is 29.8 Å². The molecule has 2 aromatic rings. The Morgan fingerprint density at radius 3 is 2.94 bits per heavy atom. The highest BCUT2D eigenvalue weighted by molar-refractivity contribution is 7.07. The Morgan fingerprint density at radius 1 is 1.47 bits per heavy atom. The molecular formula is C13H16N2OS. The van der Waals surface area contributed by atoms with Crippen LogP contribution in [0.4, 0.5) is 0 Å². The lowest BCUT2D eigenvalue weighted by Crippen LogP contribution is -2.14.